The second-order valence-corrected chi connectivity index (χ2v) is 10.0. The molecule has 33 heavy (non-hydrogen) atoms. The molecule has 8 nitrogen and oxygen atoms in total. The zero-order valence-electron chi connectivity index (χ0n) is 19.0. The Kier molecular flexibility index (Phi) is 5.59. The number of benzene rings is 1. The number of nitrogens with two attached hydrogens (primary N) is 1. The molecule has 10 heteroatoms. The number of thiazole rings is 1. The molecule has 0 atom stereocenters. The molecule has 1 aromatic carbocycles. The maximum absolute atomic E-state index is 14.9. The fraction of sp³-hybridized carbons (Fsp3) is 0.261. The van der Waals surface area contributed by atoms with Crippen LogP contribution >= 0.6 is 11.3 Å². The molecule has 0 saturated heterocycles. The van der Waals surface area contributed by atoms with E-state index in [2.05, 4.69) is 19.9 Å². The summed E-state index contributed by atoms with van der Waals surface area (Å²) in [6.07, 6.45) is 2.53. The van der Waals surface area contributed by atoms with Gasteiger partial charge in [-0.2, -0.15) is 23.6 Å². The van der Waals surface area contributed by atoms with Crippen LogP contribution in [0.2, 0.25) is 0 Å². The van der Waals surface area contributed by atoms with Crippen molar-refractivity contribution in [2.75, 3.05) is 19.8 Å². The molecule has 0 bridgehead atoms. The molecule has 3 heterocycles. The van der Waals surface area contributed by atoms with Crippen LogP contribution in [0.15, 0.2) is 42.7 Å². The Balaban J connectivity index is 1.59. The van der Waals surface area contributed by atoms with Gasteiger partial charge in [-0.1, -0.05) is 0 Å². The van der Waals surface area contributed by atoms with Crippen LogP contribution in [0.5, 0.6) is 0 Å². The second kappa shape index (κ2) is 8.13. The van der Waals surface area contributed by atoms with E-state index in [0.717, 1.165) is 10.2 Å². The van der Waals surface area contributed by atoms with Crippen LogP contribution in [0.25, 0.3) is 32.0 Å². The SMILES string of the molecule is CC(C)(C)OC(=O)[N+](C)(C)c1ncc(-c2ccc(-c3nc4ccc(N)cc4s3)c(F)n2)cn1. The maximum atomic E-state index is 14.9. The third-order valence-electron chi connectivity index (χ3n) is 4.78. The lowest BCUT2D eigenvalue weighted by Gasteiger charge is -2.27. The molecule has 0 aliphatic heterocycles. The van der Waals surface area contributed by atoms with Gasteiger partial charge in [0.15, 0.2) is 0 Å². The number of anilines is 1. The van der Waals surface area contributed by atoms with Gasteiger partial charge >= 0.3 is 12.0 Å². The van der Waals surface area contributed by atoms with Crippen molar-refractivity contribution in [3.63, 3.8) is 0 Å². The molecular formula is C23H24FN6O2S+. The first-order chi connectivity index (χ1) is 15.4. The number of hydrogen-bond acceptors (Lipinski definition) is 8. The first-order valence-corrected chi connectivity index (χ1v) is 11.0. The molecule has 170 valence electrons. The van der Waals surface area contributed by atoms with Crippen LogP contribution in [0.1, 0.15) is 20.8 Å². The fourth-order valence-electron chi connectivity index (χ4n) is 3.01. The van der Waals surface area contributed by atoms with Gasteiger partial charge in [-0.25, -0.2) is 9.97 Å². The van der Waals surface area contributed by atoms with Gasteiger partial charge in [0, 0.05) is 23.6 Å². The number of nitrogen functional groups attached to an aromatic ring is 1. The van der Waals surface area contributed by atoms with Gasteiger partial charge in [0.2, 0.25) is 5.95 Å². The van der Waals surface area contributed by atoms with E-state index < -0.39 is 17.6 Å². The van der Waals surface area contributed by atoms with Crippen molar-refractivity contribution in [2.24, 2.45) is 0 Å². The zero-order chi connectivity index (χ0) is 24.0. The first kappa shape index (κ1) is 22.7. The van der Waals surface area contributed by atoms with Crippen LogP contribution < -0.4 is 10.2 Å². The van der Waals surface area contributed by atoms with Crippen LogP contribution in [-0.2, 0) is 4.74 Å². The van der Waals surface area contributed by atoms with Gasteiger partial charge in [-0.05, 0) is 51.1 Å². The lowest BCUT2D eigenvalue weighted by Crippen LogP contribution is -2.50. The number of rotatable bonds is 3. The number of amides is 1. The average molecular weight is 468 g/mol. The number of hydrogen-bond donors (Lipinski definition) is 1. The molecule has 3 aromatic heterocycles. The van der Waals surface area contributed by atoms with Gasteiger partial charge in [0.1, 0.15) is 10.6 Å². The summed E-state index contributed by atoms with van der Waals surface area (Å²) in [6.45, 7) is 5.38. The summed E-state index contributed by atoms with van der Waals surface area (Å²) in [7, 11) is 3.28. The first-order valence-electron chi connectivity index (χ1n) is 10.2. The van der Waals surface area contributed by atoms with Crippen molar-refractivity contribution in [3.8, 4) is 21.8 Å². The van der Waals surface area contributed by atoms with Crippen molar-refractivity contribution in [2.45, 2.75) is 26.4 Å². The number of aromatic nitrogens is 4. The highest BCUT2D eigenvalue weighted by atomic mass is 32.1. The van der Waals surface area contributed by atoms with E-state index in [1.54, 1.807) is 59.1 Å². The van der Waals surface area contributed by atoms with Crippen LogP contribution in [-0.4, -0.2) is 45.7 Å². The minimum Gasteiger partial charge on any atom is -0.414 e. The molecule has 2 N–H and O–H groups in total. The zero-order valence-corrected chi connectivity index (χ0v) is 19.8. The topological polar surface area (TPSA) is 104 Å². The van der Waals surface area contributed by atoms with Gasteiger partial charge in [0.25, 0.3) is 0 Å². The predicted octanol–water partition coefficient (Wildman–Crippen LogP) is 5.04. The summed E-state index contributed by atoms with van der Waals surface area (Å²) in [6, 6.07) is 8.70. The molecule has 0 unspecified atom stereocenters. The Bertz CT molecular complexity index is 1350. The normalized spacial score (nSPS) is 12.2. The van der Waals surface area contributed by atoms with Crippen LogP contribution in [0, 0.1) is 5.95 Å². The molecule has 1 amide bonds. The molecular weight excluding hydrogens is 443 g/mol. The Morgan fingerprint density at radius 3 is 2.42 bits per heavy atom. The molecule has 0 radical (unpaired) electrons. The highest BCUT2D eigenvalue weighted by Crippen LogP contribution is 2.33. The van der Waals surface area contributed by atoms with Crippen LogP contribution in [0.3, 0.4) is 0 Å². The van der Waals surface area contributed by atoms with Crippen molar-refractivity contribution in [3.05, 3.63) is 48.7 Å². The van der Waals surface area contributed by atoms with E-state index in [4.69, 9.17) is 10.5 Å². The summed E-state index contributed by atoms with van der Waals surface area (Å²) < 4.78 is 20.9. The number of nitrogens with zero attached hydrogens (tertiary/aromatic N) is 5. The van der Waals surface area contributed by atoms with Gasteiger partial charge < -0.3 is 10.5 Å². The summed E-state index contributed by atoms with van der Waals surface area (Å²) in [5.41, 5.74) is 7.76. The molecule has 0 spiro atoms. The summed E-state index contributed by atoms with van der Waals surface area (Å²) >= 11 is 1.35. The number of quaternary nitrogens is 1. The van der Waals surface area contributed by atoms with Crippen molar-refractivity contribution in [1.82, 2.24) is 24.4 Å². The number of fused-ring (bicyclic) bond motifs is 1. The number of carbonyl (C=O) groups is 1. The van der Waals surface area contributed by atoms with Gasteiger partial charge in [0.05, 0.1) is 35.6 Å². The lowest BCUT2D eigenvalue weighted by atomic mass is 10.2. The Labute approximate surface area is 194 Å². The van der Waals surface area contributed by atoms with E-state index >= 15 is 0 Å². The molecule has 0 aliphatic carbocycles. The highest BCUT2D eigenvalue weighted by molar-refractivity contribution is 7.21. The summed E-state index contributed by atoms with van der Waals surface area (Å²) in [5, 5.41) is 0.523. The van der Waals surface area contributed by atoms with Crippen LogP contribution in [0.4, 0.5) is 20.8 Å². The number of pyridine rings is 1. The maximum Gasteiger partial charge on any atom is 0.523 e. The third-order valence-corrected chi connectivity index (χ3v) is 5.83. The van der Waals surface area contributed by atoms with Gasteiger partial charge in [-0.15, -0.1) is 11.3 Å². The standard InChI is InChI=1S/C23H24FN6O2S/c1-23(2,3)32-22(31)30(4,5)21-26-11-13(12-27-21)16-9-7-15(19(24)28-16)20-29-17-8-6-14(25)10-18(17)33-20/h6-12H,25H2,1-5H3/q+1. The summed E-state index contributed by atoms with van der Waals surface area (Å²) in [4.78, 5) is 29.7. The van der Waals surface area contributed by atoms with Crippen molar-refractivity contribution >= 4 is 39.3 Å². The quantitative estimate of drug-likeness (QED) is 0.256. The minimum atomic E-state index is -0.645. The number of carbonyl (C=O) groups excluding carboxylic acids is 1. The second-order valence-electron chi connectivity index (χ2n) is 8.99. The number of halogens is 1. The van der Waals surface area contributed by atoms with Gasteiger partial charge in [-0.3, -0.25) is 0 Å². The average Bonchev–Trinajstić information content (AvgIpc) is 3.15. The molecule has 0 fully saturated rings. The largest absolute Gasteiger partial charge is 0.523 e. The Morgan fingerprint density at radius 1 is 1.09 bits per heavy atom. The predicted molar refractivity (Wildman–Crippen MR) is 128 cm³/mol. The fourth-order valence-corrected chi connectivity index (χ4v) is 4.04. The Hall–Kier alpha value is -3.50. The molecule has 4 rings (SSSR count). The summed E-state index contributed by atoms with van der Waals surface area (Å²) in [5.74, 6) is -0.396. The smallest absolute Gasteiger partial charge is 0.414 e. The lowest BCUT2D eigenvalue weighted by molar-refractivity contribution is 0.0339. The van der Waals surface area contributed by atoms with Crippen molar-refractivity contribution in [1.29, 1.82) is 0 Å². The van der Waals surface area contributed by atoms with E-state index in [-0.39, 0.29) is 10.4 Å². The molecule has 0 saturated carbocycles. The van der Waals surface area contributed by atoms with Crippen molar-refractivity contribution < 1.29 is 13.9 Å². The third kappa shape index (κ3) is 4.67. The molecule has 4 aromatic rings. The number of ether oxygens (including phenoxy) is 1. The minimum absolute atomic E-state index is 0.249. The Morgan fingerprint density at radius 2 is 1.79 bits per heavy atom. The molecule has 0 aliphatic rings. The highest BCUT2D eigenvalue weighted by Gasteiger charge is 2.37. The van der Waals surface area contributed by atoms with E-state index in [1.807, 2.05) is 6.07 Å². The van der Waals surface area contributed by atoms with E-state index in [1.165, 1.54) is 23.7 Å². The van der Waals surface area contributed by atoms with E-state index in [0.29, 0.717) is 27.5 Å². The monoisotopic (exact) mass is 467 g/mol. The van der Waals surface area contributed by atoms with E-state index in [9.17, 15) is 9.18 Å².